The van der Waals surface area contributed by atoms with Crippen molar-refractivity contribution >= 4 is 39.2 Å². The molecule has 0 atom stereocenters. The van der Waals surface area contributed by atoms with Gasteiger partial charge in [-0.25, -0.2) is 12.8 Å². The second-order valence-corrected chi connectivity index (χ2v) is 6.90. The molecule has 0 unspecified atom stereocenters. The summed E-state index contributed by atoms with van der Waals surface area (Å²) in [6, 6.07) is 8.26. The summed E-state index contributed by atoms with van der Waals surface area (Å²) < 4.78 is 40.3. The number of carboxylic acids is 1. The Balaban J connectivity index is 2.15. The third-order valence-corrected chi connectivity index (χ3v) is 4.63. The first-order valence-corrected chi connectivity index (χ1v) is 8.61. The van der Waals surface area contributed by atoms with Crippen molar-refractivity contribution in [2.24, 2.45) is 0 Å². The highest BCUT2D eigenvalue weighted by Gasteiger charge is 2.19. The number of rotatable bonds is 6. The lowest BCUT2D eigenvalue weighted by Gasteiger charge is -2.10. The molecule has 10 heteroatoms. The first-order chi connectivity index (χ1) is 11.7. The van der Waals surface area contributed by atoms with Gasteiger partial charge in [0.1, 0.15) is 10.7 Å². The molecule has 2 rings (SSSR count). The number of halogens is 2. The van der Waals surface area contributed by atoms with Crippen molar-refractivity contribution in [1.82, 2.24) is 5.32 Å². The van der Waals surface area contributed by atoms with Crippen LogP contribution < -0.4 is 15.1 Å². The minimum Gasteiger partial charge on any atom is -0.548 e. The molecule has 0 fully saturated rings. The van der Waals surface area contributed by atoms with Crippen LogP contribution >= 0.6 is 11.6 Å². The maximum Gasteiger partial charge on any atom is 0.264 e. The quantitative estimate of drug-likeness (QED) is 0.761. The summed E-state index contributed by atoms with van der Waals surface area (Å²) in [6.45, 7) is -0.650. The van der Waals surface area contributed by atoms with Crippen LogP contribution in [0.25, 0.3) is 0 Å². The molecular formula is C15H11ClFN2O5S-. The summed E-state index contributed by atoms with van der Waals surface area (Å²) in [6.07, 6.45) is 0. The average Bonchev–Trinajstić information content (AvgIpc) is 2.52. The van der Waals surface area contributed by atoms with Gasteiger partial charge in [-0.1, -0.05) is 11.6 Å². The number of benzene rings is 2. The third-order valence-electron chi connectivity index (χ3n) is 2.98. The van der Waals surface area contributed by atoms with Crippen LogP contribution in [0.2, 0.25) is 5.02 Å². The Labute approximate surface area is 147 Å². The Morgan fingerprint density at radius 1 is 1.12 bits per heavy atom. The van der Waals surface area contributed by atoms with Crippen molar-refractivity contribution in [3.8, 4) is 0 Å². The molecule has 0 aromatic heterocycles. The van der Waals surface area contributed by atoms with Crippen LogP contribution in [0.5, 0.6) is 0 Å². The Hall–Kier alpha value is -2.65. The van der Waals surface area contributed by atoms with Crippen LogP contribution in [-0.4, -0.2) is 26.8 Å². The van der Waals surface area contributed by atoms with E-state index in [1.165, 1.54) is 30.3 Å². The summed E-state index contributed by atoms with van der Waals surface area (Å²) in [7, 11) is -4.19. The number of carbonyl (C=O) groups is 2. The van der Waals surface area contributed by atoms with E-state index in [-0.39, 0.29) is 16.3 Å². The number of hydrogen-bond donors (Lipinski definition) is 2. The van der Waals surface area contributed by atoms with Gasteiger partial charge in [0.2, 0.25) is 0 Å². The minimum absolute atomic E-state index is 0.0587. The van der Waals surface area contributed by atoms with Crippen LogP contribution in [0, 0.1) is 5.82 Å². The summed E-state index contributed by atoms with van der Waals surface area (Å²) >= 11 is 5.59. The maximum atomic E-state index is 13.8. The minimum atomic E-state index is -4.19. The number of sulfonamides is 1. The first kappa shape index (κ1) is 18.7. The monoisotopic (exact) mass is 385 g/mol. The summed E-state index contributed by atoms with van der Waals surface area (Å²) in [5.74, 6) is -3.11. The zero-order valence-electron chi connectivity index (χ0n) is 12.5. The van der Waals surface area contributed by atoms with E-state index < -0.39 is 39.2 Å². The number of nitrogens with one attached hydrogen (secondary N) is 2. The standard InChI is InChI=1S/C15H12ClFN2O5S/c16-10-3-6-13(12(17)7-10)25(23,24)19-11-4-1-9(2-5-11)15(22)18-8-14(20)21/h1-7,19H,8H2,(H,18,22)(H,20,21)/p-1. The molecule has 0 spiro atoms. The number of carbonyl (C=O) groups excluding carboxylic acids is 2. The lowest BCUT2D eigenvalue weighted by atomic mass is 10.2. The predicted molar refractivity (Wildman–Crippen MR) is 86.0 cm³/mol. The molecule has 0 bridgehead atoms. The Morgan fingerprint density at radius 2 is 1.76 bits per heavy atom. The van der Waals surface area contributed by atoms with Crippen LogP contribution in [-0.2, 0) is 14.8 Å². The molecule has 7 nitrogen and oxygen atoms in total. The first-order valence-electron chi connectivity index (χ1n) is 6.75. The van der Waals surface area contributed by atoms with Crippen LogP contribution in [0.1, 0.15) is 10.4 Å². The molecule has 0 aliphatic rings. The zero-order chi connectivity index (χ0) is 18.6. The van der Waals surface area contributed by atoms with Crippen molar-refractivity contribution in [3.63, 3.8) is 0 Å². The molecule has 0 saturated carbocycles. The van der Waals surface area contributed by atoms with Gasteiger partial charge in [0.05, 0.1) is 12.5 Å². The van der Waals surface area contributed by atoms with E-state index in [1.54, 1.807) is 0 Å². The highest BCUT2D eigenvalue weighted by molar-refractivity contribution is 7.92. The van der Waals surface area contributed by atoms with Crippen LogP contribution in [0.3, 0.4) is 0 Å². The van der Waals surface area contributed by atoms with Gasteiger partial charge in [0, 0.05) is 16.3 Å². The van der Waals surface area contributed by atoms with Gasteiger partial charge in [-0.3, -0.25) is 9.52 Å². The molecule has 132 valence electrons. The van der Waals surface area contributed by atoms with E-state index in [1.807, 2.05) is 0 Å². The predicted octanol–water partition coefficient (Wildman–Crippen LogP) is 0.760. The van der Waals surface area contributed by atoms with E-state index in [0.29, 0.717) is 0 Å². The Bertz CT molecular complexity index is 916. The van der Waals surface area contributed by atoms with Crippen molar-refractivity contribution in [3.05, 3.63) is 58.9 Å². The van der Waals surface area contributed by atoms with E-state index in [4.69, 9.17) is 11.6 Å². The van der Waals surface area contributed by atoms with E-state index in [2.05, 4.69) is 10.0 Å². The third kappa shape index (κ3) is 4.91. The molecule has 0 radical (unpaired) electrons. The van der Waals surface area contributed by atoms with Crippen LogP contribution in [0.4, 0.5) is 10.1 Å². The molecule has 2 aromatic carbocycles. The molecule has 2 aromatic rings. The van der Waals surface area contributed by atoms with Gasteiger partial charge in [-0.15, -0.1) is 0 Å². The average molecular weight is 386 g/mol. The number of hydrogen-bond acceptors (Lipinski definition) is 5. The zero-order valence-corrected chi connectivity index (χ0v) is 14.0. The number of anilines is 1. The van der Waals surface area contributed by atoms with Crippen molar-refractivity contribution in [2.45, 2.75) is 4.90 Å². The van der Waals surface area contributed by atoms with Crippen molar-refractivity contribution in [2.75, 3.05) is 11.3 Å². The van der Waals surface area contributed by atoms with E-state index in [0.717, 1.165) is 12.1 Å². The van der Waals surface area contributed by atoms with Crippen molar-refractivity contribution < 1.29 is 27.5 Å². The molecule has 0 saturated heterocycles. The normalized spacial score (nSPS) is 11.0. The summed E-state index contributed by atoms with van der Waals surface area (Å²) in [5, 5.41) is 12.4. The van der Waals surface area contributed by atoms with Gasteiger partial charge in [0.15, 0.2) is 0 Å². The van der Waals surface area contributed by atoms with Gasteiger partial charge < -0.3 is 15.2 Å². The number of aliphatic carboxylic acids is 1. The van der Waals surface area contributed by atoms with Gasteiger partial charge in [-0.2, -0.15) is 0 Å². The molecular weight excluding hydrogens is 375 g/mol. The van der Waals surface area contributed by atoms with Gasteiger partial charge >= 0.3 is 0 Å². The summed E-state index contributed by atoms with van der Waals surface area (Å²) in [5.41, 5.74) is 0.202. The van der Waals surface area contributed by atoms with Gasteiger partial charge in [-0.05, 0) is 42.5 Å². The Kier molecular flexibility index (Phi) is 5.60. The lowest BCUT2D eigenvalue weighted by Crippen LogP contribution is -2.37. The van der Waals surface area contributed by atoms with Gasteiger partial charge in [0.25, 0.3) is 15.9 Å². The van der Waals surface area contributed by atoms with Crippen LogP contribution in [0.15, 0.2) is 47.4 Å². The SMILES string of the molecule is O=C([O-])CNC(=O)c1ccc(NS(=O)(=O)c2ccc(Cl)cc2F)cc1. The fraction of sp³-hybridized carbons (Fsp3) is 0.0667. The molecule has 2 N–H and O–H groups in total. The van der Waals surface area contributed by atoms with E-state index in [9.17, 15) is 27.5 Å². The second kappa shape index (κ2) is 7.49. The molecule has 0 aliphatic carbocycles. The highest BCUT2D eigenvalue weighted by atomic mass is 35.5. The molecule has 25 heavy (non-hydrogen) atoms. The largest absolute Gasteiger partial charge is 0.548 e. The highest BCUT2D eigenvalue weighted by Crippen LogP contribution is 2.22. The number of amides is 1. The smallest absolute Gasteiger partial charge is 0.264 e. The fourth-order valence-electron chi connectivity index (χ4n) is 1.85. The van der Waals surface area contributed by atoms with Crippen molar-refractivity contribution in [1.29, 1.82) is 0 Å². The molecule has 0 heterocycles. The van der Waals surface area contributed by atoms with E-state index >= 15 is 0 Å². The second-order valence-electron chi connectivity index (χ2n) is 4.81. The molecule has 1 amide bonds. The fourth-order valence-corrected chi connectivity index (χ4v) is 3.13. The topological polar surface area (TPSA) is 115 Å². The lowest BCUT2D eigenvalue weighted by molar-refractivity contribution is -0.303. The maximum absolute atomic E-state index is 13.8. The number of carboxylic acid groups (broad SMARTS) is 1. The Morgan fingerprint density at radius 3 is 2.32 bits per heavy atom. The summed E-state index contributed by atoms with van der Waals surface area (Å²) in [4.78, 5) is 21.4. The molecule has 0 aliphatic heterocycles.